The molecule has 2 fully saturated rings. The SMILES string of the molecule is O=C(Cc1ccccc1)N1CC2(CO[C@@H](Cc3cncnc3)C2)C1. The maximum Gasteiger partial charge on any atom is 0.227 e. The number of rotatable bonds is 4. The van der Waals surface area contributed by atoms with Crippen LogP contribution in [-0.2, 0) is 22.4 Å². The third kappa shape index (κ3) is 3.17. The Morgan fingerprint density at radius 1 is 1.17 bits per heavy atom. The molecule has 5 nitrogen and oxygen atoms in total. The highest BCUT2D eigenvalue weighted by Crippen LogP contribution is 2.42. The molecule has 0 radical (unpaired) electrons. The molecule has 0 N–H and O–H groups in total. The molecular formula is C19H21N3O2. The molecule has 1 atom stereocenters. The van der Waals surface area contributed by atoms with Crippen molar-refractivity contribution in [1.82, 2.24) is 14.9 Å². The summed E-state index contributed by atoms with van der Waals surface area (Å²) in [6.45, 7) is 2.39. The van der Waals surface area contributed by atoms with Crippen LogP contribution in [0.25, 0.3) is 0 Å². The zero-order chi connectivity index (χ0) is 16.4. The average molecular weight is 323 g/mol. The summed E-state index contributed by atoms with van der Waals surface area (Å²) < 4.78 is 5.97. The van der Waals surface area contributed by atoms with Gasteiger partial charge in [0.2, 0.25) is 5.91 Å². The quantitative estimate of drug-likeness (QED) is 0.862. The molecule has 0 aliphatic carbocycles. The summed E-state index contributed by atoms with van der Waals surface area (Å²) >= 11 is 0. The van der Waals surface area contributed by atoms with E-state index in [0.29, 0.717) is 6.42 Å². The van der Waals surface area contributed by atoms with Crippen LogP contribution in [0.5, 0.6) is 0 Å². The second kappa shape index (κ2) is 6.32. The largest absolute Gasteiger partial charge is 0.377 e. The van der Waals surface area contributed by atoms with Crippen molar-refractivity contribution in [3.8, 4) is 0 Å². The third-order valence-corrected chi connectivity index (χ3v) is 4.97. The molecule has 1 aromatic carbocycles. The normalized spacial score (nSPS) is 21.7. The smallest absolute Gasteiger partial charge is 0.227 e. The van der Waals surface area contributed by atoms with Crippen LogP contribution < -0.4 is 0 Å². The predicted octanol–water partition coefficient (Wildman–Crippen LogP) is 1.88. The van der Waals surface area contributed by atoms with Gasteiger partial charge < -0.3 is 9.64 Å². The van der Waals surface area contributed by atoms with E-state index in [9.17, 15) is 4.79 Å². The molecule has 2 aliphatic heterocycles. The summed E-state index contributed by atoms with van der Waals surface area (Å²) in [5.74, 6) is 0.215. The van der Waals surface area contributed by atoms with Crippen molar-refractivity contribution in [1.29, 1.82) is 0 Å². The van der Waals surface area contributed by atoms with E-state index in [0.717, 1.165) is 43.7 Å². The second-order valence-corrected chi connectivity index (χ2v) is 7.00. The van der Waals surface area contributed by atoms with E-state index in [4.69, 9.17) is 4.74 Å². The Labute approximate surface area is 141 Å². The summed E-state index contributed by atoms with van der Waals surface area (Å²) in [6, 6.07) is 9.93. The van der Waals surface area contributed by atoms with Gasteiger partial charge in [0.25, 0.3) is 0 Å². The minimum Gasteiger partial charge on any atom is -0.377 e. The first-order chi connectivity index (χ1) is 11.7. The van der Waals surface area contributed by atoms with Crippen LogP contribution >= 0.6 is 0 Å². The highest BCUT2D eigenvalue weighted by molar-refractivity contribution is 5.79. The molecule has 1 amide bonds. The number of amides is 1. The summed E-state index contributed by atoms with van der Waals surface area (Å²) in [5, 5.41) is 0. The lowest BCUT2D eigenvalue weighted by Crippen LogP contribution is -2.59. The Balaban J connectivity index is 1.28. The van der Waals surface area contributed by atoms with Crippen molar-refractivity contribution in [3.05, 3.63) is 60.2 Å². The Kier molecular flexibility index (Phi) is 4.02. The monoisotopic (exact) mass is 323 g/mol. The Bertz CT molecular complexity index is 699. The molecule has 3 heterocycles. The molecule has 124 valence electrons. The van der Waals surface area contributed by atoms with Crippen LogP contribution in [0.1, 0.15) is 17.5 Å². The van der Waals surface area contributed by atoms with Crippen LogP contribution in [0.2, 0.25) is 0 Å². The van der Waals surface area contributed by atoms with Crippen molar-refractivity contribution >= 4 is 5.91 Å². The minimum absolute atomic E-state index is 0.159. The Morgan fingerprint density at radius 2 is 1.92 bits per heavy atom. The standard InChI is InChI=1S/C19H21N3O2/c23-18(7-15-4-2-1-3-5-15)22-11-19(12-22)8-17(24-13-19)6-16-9-20-14-21-10-16/h1-5,9-10,14,17H,6-8,11-13H2/t17-/m0/s1. The number of likely N-dealkylation sites (tertiary alicyclic amines) is 1. The van der Waals surface area contributed by atoms with E-state index < -0.39 is 0 Å². The van der Waals surface area contributed by atoms with Crippen molar-refractivity contribution in [2.45, 2.75) is 25.4 Å². The number of hydrogen-bond donors (Lipinski definition) is 0. The molecule has 0 saturated carbocycles. The van der Waals surface area contributed by atoms with E-state index in [1.165, 1.54) is 0 Å². The van der Waals surface area contributed by atoms with Gasteiger partial charge in [0, 0.05) is 37.3 Å². The van der Waals surface area contributed by atoms with Crippen molar-refractivity contribution in [2.75, 3.05) is 19.7 Å². The highest BCUT2D eigenvalue weighted by Gasteiger charge is 2.50. The number of carbonyl (C=O) groups is 1. The van der Waals surface area contributed by atoms with E-state index in [1.54, 1.807) is 6.33 Å². The summed E-state index contributed by atoms with van der Waals surface area (Å²) in [4.78, 5) is 22.4. The van der Waals surface area contributed by atoms with Crippen LogP contribution in [0, 0.1) is 5.41 Å². The number of hydrogen-bond acceptors (Lipinski definition) is 4. The molecule has 4 rings (SSSR count). The van der Waals surface area contributed by atoms with Crippen LogP contribution in [0.3, 0.4) is 0 Å². The zero-order valence-corrected chi connectivity index (χ0v) is 13.6. The van der Waals surface area contributed by atoms with E-state index in [-0.39, 0.29) is 17.4 Å². The van der Waals surface area contributed by atoms with Gasteiger partial charge in [-0.25, -0.2) is 9.97 Å². The van der Waals surface area contributed by atoms with Crippen molar-refractivity contribution < 1.29 is 9.53 Å². The van der Waals surface area contributed by atoms with Gasteiger partial charge >= 0.3 is 0 Å². The topological polar surface area (TPSA) is 55.3 Å². The first kappa shape index (κ1) is 15.3. The van der Waals surface area contributed by atoms with Crippen LogP contribution in [0.15, 0.2) is 49.1 Å². The van der Waals surface area contributed by atoms with Crippen LogP contribution in [0.4, 0.5) is 0 Å². The predicted molar refractivity (Wildman–Crippen MR) is 89.3 cm³/mol. The fourth-order valence-corrected chi connectivity index (χ4v) is 3.77. The number of ether oxygens (including phenoxy) is 1. The summed E-state index contributed by atoms with van der Waals surface area (Å²) in [7, 11) is 0. The number of benzene rings is 1. The van der Waals surface area contributed by atoms with Crippen molar-refractivity contribution in [3.63, 3.8) is 0 Å². The van der Waals surface area contributed by atoms with E-state index in [1.807, 2.05) is 47.6 Å². The first-order valence-corrected chi connectivity index (χ1v) is 8.40. The van der Waals surface area contributed by atoms with Gasteiger partial charge in [-0.3, -0.25) is 4.79 Å². The highest BCUT2D eigenvalue weighted by atomic mass is 16.5. The lowest BCUT2D eigenvalue weighted by Gasteiger charge is -2.47. The van der Waals surface area contributed by atoms with Gasteiger partial charge in [-0.1, -0.05) is 30.3 Å². The average Bonchev–Trinajstić information content (AvgIpc) is 2.99. The molecular weight excluding hydrogens is 302 g/mol. The molecule has 1 spiro atoms. The summed E-state index contributed by atoms with van der Waals surface area (Å²) in [6.07, 6.45) is 7.79. The first-order valence-electron chi connectivity index (χ1n) is 8.40. The van der Waals surface area contributed by atoms with Gasteiger partial charge in [-0.15, -0.1) is 0 Å². The minimum atomic E-state index is 0.159. The molecule has 5 heteroatoms. The Hall–Kier alpha value is -2.27. The lowest BCUT2D eigenvalue weighted by molar-refractivity contribution is -0.142. The molecule has 1 aromatic heterocycles. The third-order valence-electron chi connectivity index (χ3n) is 4.97. The molecule has 0 unspecified atom stereocenters. The molecule has 2 saturated heterocycles. The van der Waals surface area contributed by atoms with Gasteiger partial charge in [0.15, 0.2) is 0 Å². The molecule has 0 bridgehead atoms. The Morgan fingerprint density at radius 3 is 2.67 bits per heavy atom. The van der Waals surface area contributed by atoms with Gasteiger partial charge in [0.1, 0.15) is 6.33 Å². The van der Waals surface area contributed by atoms with Crippen LogP contribution in [-0.4, -0.2) is 46.6 Å². The fraction of sp³-hybridized carbons (Fsp3) is 0.421. The number of nitrogens with zero attached hydrogens (tertiary/aromatic N) is 3. The second-order valence-electron chi connectivity index (χ2n) is 7.00. The van der Waals surface area contributed by atoms with E-state index in [2.05, 4.69) is 9.97 Å². The maximum atomic E-state index is 12.4. The summed E-state index contributed by atoms with van der Waals surface area (Å²) in [5.41, 5.74) is 2.34. The molecule has 24 heavy (non-hydrogen) atoms. The van der Waals surface area contributed by atoms with Gasteiger partial charge in [0.05, 0.1) is 19.1 Å². The lowest BCUT2D eigenvalue weighted by atomic mass is 9.77. The van der Waals surface area contributed by atoms with E-state index >= 15 is 0 Å². The van der Waals surface area contributed by atoms with Crippen molar-refractivity contribution in [2.24, 2.45) is 5.41 Å². The van der Waals surface area contributed by atoms with Gasteiger partial charge in [-0.2, -0.15) is 0 Å². The molecule has 2 aromatic rings. The molecule has 2 aliphatic rings. The number of aromatic nitrogens is 2. The number of carbonyl (C=O) groups excluding carboxylic acids is 1. The maximum absolute atomic E-state index is 12.4. The fourth-order valence-electron chi connectivity index (χ4n) is 3.77. The zero-order valence-electron chi connectivity index (χ0n) is 13.6. The van der Waals surface area contributed by atoms with Gasteiger partial charge in [-0.05, 0) is 17.5 Å².